The molecule has 3 rings (SSSR count). The van der Waals surface area contributed by atoms with Crippen LogP contribution < -0.4 is 0 Å². The number of nitrogens with one attached hydrogen (secondary N) is 1. The van der Waals surface area contributed by atoms with Crippen LogP contribution in [0.3, 0.4) is 0 Å². The highest BCUT2D eigenvalue weighted by molar-refractivity contribution is 8.00. The molecule has 1 aliphatic heterocycles. The minimum atomic E-state index is 0.134. The van der Waals surface area contributed by atoms with Crippen LogP contribution in [0.2, 0.25) is 0 Å². The Bertz CT molecular complexity index is 669. The fraction of sp³-hybridized carbons (Fsp3) is 0.556. The third kappa shape index (κ3) is 3.75. The third-order valence-corrected chi connectivity index (χ3v) is 5.94. The van der Waals surface area contributed by atoms with Crippen LogP contribution >= 0.6 is 11.8 Å². The molecule has 1 saturated heterocycles. The summed E-state index contributed by atoms with van der Waals surface area (Å²) >= 11 is 1.61. The van der Waals surface area contributed by atoms with Crippen molar-refractivity contribution in [1.29, 1.82) is 0 Å². The number of aromatic amines is 1. The predicted octanol–water partition coefficient (Wildman–Crippen LogP) is 2.98. The van der Waals surface area contributed by atoms with Crippen molar-refractivity contribution < 1.29 is 9.90 Å². The highest BCUT2D eigenvalue weighted by Gasteiger charge is 2.28. The van der Waals surface area contributed by atoms with Crippen molar-refractivity contribution in [2.45, 2.75) is 38.0 Å². The van der Waals surface area contributed by atoms with E-state index >= 15 is 0 Å². The quantitative estimate of drug-likeness (QED) is 0.872. The van der Waals surface area contributed by atoms with E-state index in [1.165, 1.54) is 0 Å². The number of carbonyl (C=O) groups is 1. The van der Waals surface area contributed by atoms with E-state index in [1.54, 1.807) is 11.8 Å². The Labute approximate surface area is 146 Å². The first-order valence-corrected chi connectivity index (χ1v) is 9.60. The summed E-state index contributed by atoms with van der Waals surface area (Å²) < 4.78 is 0. The maximum atomic E-state index is 12.6. The van der Waals surface area contributed by atoms with Crippen molar-refractivity contribution in [2.24, 2.45) is 5.92 Å². The van der Waals surface area contributed by atoms with Crippen LogP contribution in [0.1, 0.15) is 37.8 Å². The molecular formula is C18H25N3O2S. The first-order chi connectivity index (χ1) is 11.6. The average Bonchev–Trinajstić information content (AvgIpc) is 3.04. The molecule has 24 heavy (non-hydrogen) atoms. The molecule has 1 aliphatic rings. The van der Waals surface area contributed by atoms with Gasteiger partial charge in [-0.25, -0.2) is 4.98 Å². The molecule has 2 aromatic rings. The van der Waals surface area contributed by atoms with Gasteiger partial charge in [0, 0.05) is 19.2 Å². The number of amides is 1. The molecule has 0 aliphatic carbocycles. The number of thioether (sulfide) groups is 1. The molecule has 5 nitrogen and oxygen atoms in total. The van der Waals surface area contributed by atoms with Crippen molar-refractivity contribution in [3.63, 3.8) is 0 Å². The predicted molar refractivity (Wildman–Crippen MR) is 98.0 cm³/mol. The highest BCUT2D eigenvalue weighted by Crippen LogP contribution is 2.29. The number of para-hydroxylation sites is 2. The molecule has 1 aromatic heterocycles. The van der Waals surface area contributed by atoms with Gasteiger partial charge in [0.05, 0.1) is 22.0 Å². The lowest BCUT2D eigenvalue weighted by Crippen LogP contribution is -2.47. The zero-order valence-corrected chi connectivity index (χ0v) is 15.1. The lowest BCUT2D eigenvalue weighted by atomic mass is 9.94. The number of H-pyrrole nitrogens is 1. The van der Waals surface area contributed by atoms with Crippen LogP contribution in [0.25, 0.3) is 11.0 Å². The Hall–Kier alpha value is -1.53. The van der Waals surface area contributed by atoms with Crippen LogP contribution in [-0.2, 0) is 4.79 Å². The van der Waals surface area contributed by atoms with E-state index in [2.05, 4.69) is 23.8 Å². The van der Waals surface area contributed by atoms with Gasteiger partial charge in [-0.05, 0) is 44.7 Å². The largest absolute Gasteiger partial charge is 0.396 e. The normalized spacial score (nSPS) is 22.7. The molecular weight excluding hydrogens is 322 g/mol. The average molecular weight is 347 g/mol. The molecule has 1 amide bonds. The summed E-state index contributed by atoms with van der Waals surface area (Å²) in [7, 11) is 0. The van der Waals surface area contributed by atoms with Crippen LogP contribution in [0.5, 0.6) is 0 Å². The van der Waals surface area contributed by atoms with Gasteiger partial charge in [0.15, 0.2) is 0 Å². The summed E-state index contributed by atoms with van der Waals surface area (Å²) in [6, 6.07) is 8.23. The molecule has 0 radical (unpaired) electrons. The zero-order chi connectivity index (χ0) is 17.1. The molecule has 1 fully saturated rings. The number of hydrogen-bond donors (Lipinski definition) is 2. The fourth-order valence-electron chi connectivity index (χ4n) is 3.20. The van der Waals surface area contributed by atoms with E-state index < -0.39 is 0 Å². The molecule has 130 valence electrons. The van der Waals surface area contributed by atoms with Crippen molar-refractivity contribution in [1.82, 2.24) is 14.9 Å². The Morgan fingerprint density at radius 3 is 3.00 bits per heavy atom. The Kier molecular flexibility index (Phi) is 5.46. The minimum absolute atomic E-state index is 0.134. The van der Waals surface area contributed by atoms with Gasteiger partial charge in [-0.1, -0.05) is 12.1 Å². The second-order valence-corrected chi connectivity index (χ2v) is 7.94. The van der Waals surface area contributed by atoms with E-state index in [9.17, 15) is 9.90 Å². The number of rotatable bonds is 5. The van der Waals surface area contributed by atoms with Crippen LogP contribution in [0.15, 0.2) is 24.3 Å². The number of aliphatic hydroxyl groups is 1. The van der Waals surface area contributed by atoms with Crippen LogP contribution in [-0.4, -0.2) is 50.8 Å². The van der Waals surface area contributed by atoms with Gasteiger partial charge in [0.1, 0.15) is 5.82 Å². The summed E-state index contributed by atoms with van der Waals surface area (Å²) in [4.78, 5) is 22.4. The number of benzene rings is 1. The molecule has 0 spiro atoms. The molecule has 1 aromatic carbocycles. The van der Waals surface area contributed by atoms with E-state index in [-0.39, 0.29) is 29.7 Å². The Balaban J connectivity index is 1.58. The molecule has 6 heteroatoms. The second kappa shape index (κ2) is 7.57. The number of likely N-dealkylation sites (tertiary alicyclic amines) is 1. The fourth-order valence-corrected chi connectivity index (χ4v) is 4.03. The van der Waals surface area contributed by atoms with Crippen molar-refractivity contribution in [3.8, 4) is 0 Å². The number of fused-ring (bicyclic) bond motifs is 1. The first-order valence-electron chi connectivity index (χ1n) is 8.55. The number of piperidine rings is 1. The number of nitrogens with zero attached hydrogens (tertiary/aromatic N) is 2. The summed E-state index contributed by atoms with van der Waals surface area (Å²) in [5, 5.41) is 9.49. The first kappa shape index (κ1) is 17.3. The topological polar surface area (TPSA) is 69.2 Å². The highest BCUT2D eigenvalue weighted by atomic mass is 32.2. The van der Waals surface area contributed by atoms with Crippen molar-refractivity contribution >= 4 is 28.7 Å². The lowest BCUT2D eigenvalue weighted by molar-refractivity contribution is -0.133. The maximum Gasteiger partial charge on any atom is 0.232 e. The molecule has 0 bridgehead atoms. The lowest BCUT2D eigenvalue weighted by Gasteiger charge is -2.37. The number of aromatic nitrogens is 2. The van der Waals surface area contributed by atoms with E-state index in [4.69, 9.17) is 0 Å². The maximum absolute atomic E-state index is 12.6. The third-order valence-electron chi connectivity index (χ3n) is 4.81. The summed E-state index contributed by atoms with van der Waals surface area (Å²) in [6.07, 6.45) is 1.98. The molecule has 3 unspecified atom stereocenters. The minimum Gasteiger partial charge on any atom is -0.396 e. The van der Waals surface area contributed by atoms with Gasteiger partial charge in [0.2, 0.25) is 5.91 Å². The van der Waals surface area contributed by atoms with Crippen LogP contribution in [0, 0.1) is 5.92 Å². The summed E-state index contributed by atoms with van der Waals surface area (Å²) in [6.45, 7) is 5.01. The molecule has 0 saturated carbocycles. The van der Waals surface area contributed by atoms with E-state index in [1.807, 2.05) is 29.2 Å². The smallest absolute Gasteiger partial charge is 0.232 e. The standard InChI is InChI=1S/C18H25N3O2S/c1-12-7-8-14(10-22)9-21(12)17(23)11-24-13(2)18-19-15-5-3-4-6-16(15)20-18/h3-6,12-14,22H,7-11H2,1-2H3,(H,19,20). The number of carbonyl (C=O) groups excluding carboxylic acids is 1. The second-order valence-electron chi connectivity index (χ2n) is 6.61. The van der Waals surface area contributed by atoms with Gasteiger partial charge in [0.25, 0.3) is 0 Å². The molecule has 2 N–H and O–H groups in total. The van der Waals surface area contributed by atoms with Gasteiger partial charge in [-0.2, -0.15) is 0 Å². The van der Waals surface area contributed by atoms with Gasteiger partial charge in [-0.15, -0.1) is 11.8 Å². The van der Waals surface area contributed by atoms with E-state index in [0.29, 0.717) is 12.3 Å². The SMILES string of the molecule is CC(SCC(=O)N1CC(CO)CCC1C)c1nc2ccccc2[nH]1. The summed E-state index contributed by atoms with van der Waals surface area (Å²) in [5.41, 5.74) is 1.99. The van der Waals surface area contributed by atoms with Crippen molar-refractivity contribution in [2.75, 3.05) is 18.9 Å². The number of hydrogen-bond acceptors (Lipinski definition) is 4. The van der Waals surface area contributed by atoms with Gasteiger partial charge in [-0.3, -0.25) is 4.79 Å². The monoisotopic (exact) mass is 347 g/mol. The molecule has 2 heterocycles. The van der Waals surface area contributed by atoms with Crippen LogP contribution in [0.4, 0.5) is 0 Å². The van der Waals surface area contributed by atoms with Gasteiger partial charge >= 0.3 is 0 Å². The Morgan fingerprint density at radius 1 is 1.46 bits per heavy atom. The number of aliphatic hydroxyl groups excluding tert-OH is 1. The zero-order valence-electron chi connectivity index (χ0n) is 14.2. The number of imidazole rings is 1. The van der Waals surface area contributed by atoms with Gasteiger partial charge < -0.3 is 15.0 Å². The van der Waals surface area contributed by atoms with Crippen molar-refractivity contribution in [3.05, 3.63) is 30.1 Å². The summed E-state index contributed by atoms with van der Waals surface area (Å²) in [5.74, 6) is 1.74. The molecule has 3 atom stereocenters. The van der Waals surface area contributed by atoms with E-state index in [0.717, 1.165) is 29.7 Å². The Morgan fingerprint density at radius 2 is 2.25 bits per heavy atom.